The van der Waals surface area contributed by atoms with Gasteiger partial charge in [-0.05, 0) is 18.0 Å². The molecule has 0 aromatic rings. The Kier molecular flexibility index (Phi) is 1.54. The molecular formula is C8H3BN2O2. The normalized spacial score (nSPS) is 19.8. The molecular weight excluding hydrogens is 167 g/mol. The number of carbonyl (C=O) groups excluding carboxylic acids is 2. The van der Waals surface area contributed by atoms with Crippen LogP contribution in [0.3, 0.4) is 0 Å². The van der Waals surface area contributed by atoms with Crippen molar-refractivity contribution >= 4 is 25.7 Å². The first-order chi connectivity index (χ1) is 6.22. The highest BCUT2D eigenvalue weighted by Gasteiger charge is 2.33. The molecule has 0 aliphatic carbocycles. The van der Waals surface area contributed by atoms with Gasteiger partial charge in [-0.25, -0.2) is 0 Å². The third-order valence-corrected chi connectivity index (χ3v) is 1.74. The average molecular weight is 170 g/mol. The zero-order valence-corrected chi connectivity index (χ0v) is 6.52. The molecule has 0 aromatic carbocycles. The Labute approximate surface area is 75.4 Å². The van der Waals surface area contributed by atoms with E-state index in [-0.39, 0.29) is 11.3 Å². The number of hydrogen-bond donors (Lipinski definition) is 0. The average Bonchev–Trinajstić information content (AvgIpc) is 2.40. The van der Waals surface area contributed by atoms with Gasteiger partial charge in [-0.1, -0.05) is 6.08 Å². The molecule has 0 saturated heterocycles. The molecule has 2 amide bonds. The van der Waals surface area contributed by atoms with E-state index in [1.807, 2.05) is 0 Å². The quantitative estimate of drug-likeness (QED) is 0.363. The van der Waals surface area contributed by atoms with Crippen LogP contribution in [0.15, 0.2) is 34.5 Å². The lowest BCUT2D eigenvalue weighted by molar-refractivity contribution is -0.131. The molecule has 0 spiro atoms. The first-order valence-electron chi connectivity index (χ1n) is 3.55. The number of rotatable bonds is 0. The highest BCUT2D eigenvalue weighted by molar-refractivity contribution is 6.35. The van der Waals surface area contributed by atoms with Gasteiger partial charge in [0.15, 0.2) is 0 Å². The van der Waals surface area contributed by atoms with Gasteiger partial charge in [0.1, 0.15) is 5.70 Å². The smallest absolute Gasteiger partial charge is 0.267 e. The van der Waals surface area contributed by atoms with Crippen molar-refractivity contribution in [2.75, 3.05) is 0 Å². The third-order valence-electron chi connectivity index (χ3n) is 1.74. The Morgan fingerprint density at radius 3 is 2.92 bits per heavy atom. The largest absolute Gasteiger partial charge is 0.331 e. The Hall–Kier alpha value is -1.87. The van der Waals surface area contributed by atoms with Crippen molar-refractivity contribution in [3.8, 4) is 0 Å². The molecule has 2 rings (SSSR count). The van der Waals surface area contributed by atoms with Crippen LogP contribution in [0.5, 0.6) is 0 Å². The fourth-order valence-electron chi connectivity index (χ4n) is 1.10. The maximum absolute atomic E-state index is 11.3. The minimum Gasteiger partial charge on any atom is -0.331 e. The number of amides is 2. The molecule has 0 unspecified atom stereocenters. The molecule has 13 heavy (non-hydrogen) atoms. The molecule has 5 heteroatoms. The first-order valence-corrected chi connectivity index (χ1v) is 3.55. The van der Waals surface area contributed by atoms with Crippen LogP contribution in [0.25, 0.3) is 0 Å². The standard InChI is InChI=1S/C8H3BN2O2/c9-11-7(12)5-3-1-2-4-10-6(5)8(11)13/h1-3H. The van der Waals surface area contributed by atoms with E-state index in [2.05, 4.69) is 10.9 Å². The lowest BCUT2D eigenvalue weighted by Crippen LogP contribution is -2.28. The van der Waals surface area contributed by atoms with Crippen molar-refractivity contribution in [3.63, 3.8) is 0 Å². The maximum Gasteiger partial charge on any atom is 0.267 e. The van der Waals surface area contributed by atoms with Crippen LogP contribution in [0.1, 0.15) is 0 Å². The van der Waals surface area contributed by atoms with E-state index in [1.165, 1.54) is 12.2 Å². The van der Waals surface area contributed by atoms with Crippen LogP contribution in [-0.2, 0) is 9.59 Å². The van der Waals surface area contributed by atoms with E-state index in [4.69, 9.17) is 7.98 Å². The van der Waals surface area contributed by atoms with Gasteiger partial charge < -0.3 is 4.81 Å². The van der Waals surface area contributed by atoms with Gasteiger partial charge in [0.05, 0.1) is 5.57 Å². The van der Waals surface area contributed by atoms with E-state index >= 15 is 0 Å². The fraction of sp³-hybridized carbons (Fsp3) is 0. The van der Waals surface area contributed by atoms with Crippen LogP contribution in [-0.4, -0.2) is 30.5 Å². The number of allylic oxidation sites excluding steroid dienone is 2. The Morgan fingerprint density at radius 2 is 2.15 bits per heavy atom. The van der Waals surface area contributed by atoms with Gasteiger partial charge in [-0.2, -0.15) is 4.99 Å². The van der Waals surface area contributed by atoms with E-state index < -0.39 is 11.8 Å². The highest BCUT2D eigenvalue weighted by atomic mass is 16.2. The molecule has 2 aliphatic rings. The Bertz CT molecular complexity index is 427. The topological polar surface area (TPSA) is 49.7 Å². The predicted octanol–water partition coefficient (Wildman–Crippen LogP) is -0.512. The third kappa shape index (κ3) is 0.982. The summed E-state index contributed by atoms with van der Waals surface area (Å²) < 4.78 is 0. The summed E-state index contributed by atoms with van der Waals surface area (Å²) in [5.41, 5.74) is 0.270. The molecule has 2 heterocycles. The monoisotopic (exact) mass is 170 g/mol. The molecule has 4 nitrogen and oxygen atoms in total. The Balaban J connectivity index is 2.61. The van der Waals surface area contributed by atoms with Crippen molar-refractivity contribution in [2.45, 2.75) is 0 Å². The fourth-order valence-corrected chi connectivity index (χ4v) is 1.10. The number of hydrogen-bond acceptors (Lipinski definition) is 3. The lowest BCUT2D eigenvalue weighted by Gasteiger charge is -2.04. The second-order valence-electron chi connectivity index (χ2n) is 2.51. The van der Waals surface area contributed by atoms with Crippen molar-refractivity contribution in [3.05, 3.63) is 29.5 Å². The number of carbonyl (C=O) groups is 2. The number of nitrogens with zero attached hydrogens (tertiary/aromatic N) is 2. The number of imide groups is 1. The van der Waals surface area contributed by atoms with Crippen LogP contribution in [0, 0.1) is 0 Å². The summed E-state index contributed by atoms with van der Waals surface area (Å²) in [6.45, 7) is 0. The van der Waals surface area contributed by atoms with Crippen LogP contribution in [0.2, 0.25) is 0 Å². The lowest BCUT2D eigenvalue weighted by atomic mass is 10.2. The van der Waals surface area contributed by atoms with Crippen LogP contribution < -0.4 is 0 Å². The second kappa shape index (κ2) is 2.57. The first kappa shape index (κ1) is 7.77. The van der Waals surface area contributed by atoms with E-state index in [0.717, 1.165) is 0 Å². The maximum atomic E-state index is 11.3. The van der Waals surface area contributed by atoms with Gasteiger partial charge in [-0.3, -0.25) is 9.59 Å². The predicted molar refractivity (Wildman–Crippen MR) is 45.8 cm³/mol. The zero-order chi connectivity index (χ0) is 9.42. The molecule has 2 aliphatic heterocycles. The van der Waals surface area contributed by atoms with Crippen LogP contribution >= 0.6 is 0 Å². The van der Waals surface area contributed by atoms with E-state index in [9.17, 15) is 9.59 Å². The van der Waals surface area contributed by atoms with Gasteiger partial charge in [0.2, 0.25) is 13.9 Å². The van der Waals surface area contributed by atoms with Gasteiger partial charge >= 0.3 is 0 Å². The zero-order valence-electron chi connectivity index (χ0n) is 6.52. The molecule has 0 saturated carbocycles. The van der Waals surface area contributed by atoms with Gasteiger partial charge in [-0.15, -0.1) is 0 Å². The molecule has 0 aromatic heterocycles. The minimum absolute atomic E-state index is 0.0532. The van der Waals surface area contributed by atoms with Crippen molar-refractivity contribution in [1.29, 1.82) is 0 Å². The highest BCUT2D eigenvalue weighted by Crippen LogP contribution is 2.21. The Morgan fingerprint density at radius 1 is 1.38 bits per heavy atom. The summed E-state index contributed by atoms with van der Waals surface area (Å²) in [5.74, 6) is 1.37. The summed E-state index contributed by atoms with van der Waals surface area (Å²) in [4.78, 5) is 26.7. The summed E-state index contributed by atoms with van der Waals surface area (Å²) in [6, 6.07) is 0. The van der Waals surface area contributed by atoms with Gasteiger partial charge in [0.25, 0.3) is 5.91 Å². The second-order valence-corrected chi connectivity index (χ2v) is 2.51. The summed E-state index contributed by atoms with van der Waals surface area (Å²) in [6.07, 6.45) is 4.59. The summed E-state index contributed by atoms with van der Waals surface area (Å²) in [7, 11) is 5.19. The van der Waals surface area contributed by atoms with Crippen LogP contribution in [0.4, 0.5) is 0 Å². The molecule has 0 atom stereocenters. The molecule has 0 bridgehead atoms. The van der Waals surface area contributed by atoms with Gasteiger partial charge in [0, 0.05) is 0 Å². The molecule has 0 N–H and O–H groups in total. The summed E-state index contributed by atoms with van der Waals surface area (Å²) in [5, 5.41) is 0. The van der Waals surface area contributed by atoms with Crippen molar-refractivity contribution < 1.29 is 9.59 Å². The summed E-state index contributed by atoms with van der Waals surface area (Å²) >= 11 is 0. The molecule has 0 fully saturated rings. The minimum atomic E-state index is -0.590. The molecule has 2 radical (unpaired) electrons. The van der Waals surface area contributed by atoms with Crippen molar-refractivity contribution in [1.82, 2.24) is 4.81 Å². The van der Waals surface area contributed by atoms with Crippen molar-refractivity contribution in [2.24, 2.45) is 4.99 Å². The molecule has 60 valence electrons. The van der Waals surface area contributed by atoms with E-state index in [1.54, 1.807) is 6.08 Å². The SMILES string of the molecule is [B]N1C(=O)C2=C(N=C=CC=C2)C1=O. The number of aliphatic imine (C=N–C) groups is 1. The van der Waals surface area contributed by atoms with E-state index in [0.29, 0.717) is 4.81 Å².